The summed E-state index contributed by atoms with van der Waals surface area (Å²) in [4.78, 5) is 21.0. The van der Waals surface area contributed by atoms with Gasteiger partial charge in [0.2, 0.25) is 0 Å². The van der Waals surface area contributed by atoms with Gasteiger partial charge in [0.05, 0.1) is 30.7 Å². The molecule has 0 spiro atoms. The van der Waals surface area contributed by atoms with E-state index < -0.39 is 0 Å². The minimum Gasteiger partial charge on any atom is -0.378 e. The van der Waals surface area contributed by atoms with Crippen LogP contribution in [-0.2, 0) is 4.74 Å². The third-order valence-electron chi connectivity index (χ3n) is 3.65. The van der Waals surface area contributed by atoms with Gasteiger partial charge in [0, 0.05) is 22.8 Å². The molecule has 0 saturated carbocycles. The normalized spacial score (nSPS) is 14.9. The van der Waals surface area contributed by atoms with Gasteiger partial charge in [0.15, 0.2) is 0 Å². The smallest absolute Gasteiger partial charge is 0.257 e. The fourth-order valence-electron chi connectivity index (χ4n) is 2.51. The maximum Gasteiger partial charge on any atom is 0.257 e. The zero-order chi connectivity index (χ0) is 15.5. The second-order valence-corrected chi connectivity index (χ2v) is 6.74. The molecule has 0 radical (unpaired) electrons. The Morgan fingerprint density at radius 1 is 1.32 bits per heavy atom. The highest BCUT2D eigenvalue weighted by atomic mass is 32.1. The van der Waals surface area contributed by atoms with Crippen molar-refractivity contribution in [2.45, 2.75) is 13.8 Å². The molecule has 0 aromatic carbocycles. The second kappa shape index (κ2) is 6.46. The molecule has 1 saturated heterocycles. The van der Waals surface area contributed by atoms with Crippen molar-refractivity contribution in [2.75, 3.05) is 36.5 Å². The summed E-state index contributed by atoms with van der Waals surface area (Å²) in [5.74, 6) is 0.471. The van der Waals surface area contributed by atoms with E-state index in [-0.39, 0.29) is 5.91 Å². The van der Waals surface area contributed by atoms with Gasteiger partial charge in [-0.3, -0.25) is 4.79 Å². The average Bonchev–Trinajstić information content (AvgIpc) is 2.88. The first-order valence-corrected chi connectivity index (χ1v) is 8.12. The van der Waals surface area contributed by atoms with E-state index in [9.17, 15) is 4.79 Å². The van der Waals surface area contributed by atoms with Crippen molar-refractivity contribution in [3.05, 3.63) is 39.7 Å². The molecule has 116 valence electrons. The van der Waals surface area contributed by atoms with Crippen LogP contribution in [0.5, 0.6) is 0 Å². The number of amides is 1. The Labute approximate surface area is 133 Å². The van der Waals surface area contributed by atoms with Crippen LogP contribution in [0.4, 0.5) is 11.5 Å². The molecule has 1 fully saturated rings. The number of aryl methyl sites for hydroxylation is 2. The molecule has 2 aromatic heterocycles. The third-order valence-corrected chi connectivity index (χ3v) is 4.62. The van der Waals surface area contributed by atoms with Crippen molar-refractivity contribution in [3.63, 3.8) is 0 Å². The molecule has 1 aliphatic rings. The lowest BCUT2D eigenvalue weighted by Crippen LogP contribution is -2.36. The molecule has 2 aromatic rings. The molecular formula is C16H19N3O2S. The van der Waals surface area contributed by atoms with E-state index >= 15 is 0 Å². The second-order valence-electron chi connectivity index (χ2n) is 5.28. The van der Waals surface area contributed by atoms with Crippen LogP contribution in [0.2, 0.25) is 0 Å². The molecule has 1 amide bonds. The van der Waals surface area contributed by atoms with Gasteiger partial charge in [-0.2, -0.15) is 0 Å². The van der Waals surface area contributed by atoms with Gasteiger partial charge in [0.25, 0.3) is 5.91 Å². The zero-order valence-electron chi connectivity index (χ0n) is 12.8. The number of carbonyl (C=O) groups excluding carboxylic acids is 1. The highest BCUT2D eigenvalue weighted by Gasteiger charge is 2.14. The summed E-state index contributed by atoms with van der Waals surface area (Å²) in [6.07, 6.45) is 1.80. The number of hydrogen-bond donors (Lipinski definition) is 1. The number of anilines is 2. The van der Waals surface area contributed by atoms with Crippen molar-refractivity contribution in [3.8, 4) is 0 Å². The molecule has 0 bridgehead atoms. The zero-order valence-corrected chi connectivity index (χ0v) is 13.6. The largest absolute Gasteiger partial charge is 0.378 e. The number of thiophene rings is 1. The van der Waals surface area contributed by atoms with Gasteiger partial charge in [-0.15, -0.1) is 11.3 Å². The predicted octanol–water partition coefficient (Wildman–Crippen LogP) is 2.85. The molecule has 3 heterocycles. The molecular weight excluding hydrogens is 298 g/mol. The number of carbonyl (C=O) groups is 1. The van der Waals surface area contributed by atoms with E-state index in [0.717, 1.165) is 47.3 Å². The number of morpholine rings is 1. The molecule has 0 unspecified atom stereocenters. The third kappa shape index (κ3) is 3.28. The SMILES string of the molecule is Cc1cc(C(=O)Nc2ccc(N3CCOCC3)cn2)c(C)s1. The van der Waals surface area contributed by atoms with Crippen LogP contribution in [0.3, 0.4) is 0 Å². The summed E-state index contributed by atoms with van der Waals surface area (Å²) in [6, 6.07) is 5.74. The van der Waals surface area contributed by atoms with Crippen LogP contribution in [0.1, 0.15) is 20.1 Å². The van der Waals surface area contributed by atoms with Gasteiger partial charge in [-0.05, 0) is 32.0 Å². The number of hydrogen-bond acceptors (Lipinski definition) is 5. The Kier molecular flexibility index (Phi) is 4.40. The number of aromatic nitrogens is 1. The summed E-state index contributed by atoms with van der Waals surface area (Å²) in [5, 5.41) is 2.86. The van der Waals surface area contributed by atoms with Crippen molar-refractivity contribution >= 4 is 28.7 Å². The lowest BCUT2D eigenvalue weighted by Gasteiger charge is -2.28. The number of rotatable bonds is 3. The molecule has 1 aliphatic heterocycles. The fraction of sp³-hybridized carbons (Fsp3) is 0.375. The molecule has 0 aliphatic carbocycles. The number of ether oxygens (including phenoxy) is 1. The summed E-state index contributed by atoms with van der Waals surface area (Å²) in [5.41, 5.74) is 1.78. The summed E-state index contributed by atoms with van der Waals surface area (Å²) in [6.45, 7) is 7.21. The van der Waals surface area contributed by atoms with E-state index in [1.807, 2.05) is 32.0 Å². The van der Waals surface area contributed by atoms with Crippen molar-refractivity contribution in [1.29, 1.82) is 0 Å². The Bertz CT molecular complexity index is 661. The topological polar surface area (TPSA) is 54.5 Å². The highest BCUT2D eigenvalue weighted by molar-refractivity contribution is 7.12. The van der Waals surface area contributed by atoms with Gasteiger partial charge >= 0.3 is 0 Å². The first-order chi connectivity index (χ1) is 10.6. The predicted molar refractivity (Wildman–Crippen MR) is 89.0 cm³/mol. The van der Waals surface area contributed by atoms with Crippen molar-refractivity contribution in [2.24, 2.45) is 0 Å². The van der Waals surface area contributed by atoms with Gasteiger partial charge in [-0.25, -0.2) is 4.98 Å². The van der Waals surface area contributed by atoms with Crippen LogP contribution < -0.4 is 10.2 Å². The Hall–Kier alpha value is -1.92. The maximum absolute atomic E-state index is 12.3. The molecule has 6 heteroatoms. The van der Waals surface area contributed by atoms with Gasteiger partial charge in [-0.1, -0.05) is 0 Å². The number of nitrogens with one attached hydrogen (secondary N) is 1. The lowest BCUT2D eigenvalue weighted by molar-refractivity contribution is 0.102. The van der Waals surface area contributed by atoms with Crippen LogP contribution in [0.25, 0.3) is 0 Å². The van der Waals surface area contributed by atoms with Crippen molar-refractivity contribution < 1.29 is 9.53 Å². The van der Waals surface area contributed by atoms with E-state index in [2.05, 4.69) is 15.2 Å². The summed E-state index contributed by atoms with van der Waals surface area (Å²) < 4.78 is 5.34. The molecule has 5 nitrogen and oxygen atoms in total. The maximum atomic E-state index is 12.3. The first-order valence-electron chi connectivity index (χ1n) is 7.30. The average molecular weight is 317 g/mol. The lowest BCUT2D eigenvalue weighted by atomic mass is 10.2. The number of pyridine rings is 1. The van der Waals surface area contributed by atoms with Crippen LogP contribution in [0, 0.1) is 13.8 Å². The van der Waals surface area contributed by atoms with E-state index in [4.69, 9.17) is 4.74 Å². The minimum absolute atomic E-state index is 0.103. The van der Waals surface area contributed by atoms with Crippen LogP contribution in [0.15, 0.2) is 24.4 Å². The van der Waals surface area contributed by atoms with Gasteiger partial charge < -0.3 is 15.0 Å². The molecule has 22 heavy (non-hydrogen) atoms. The Balaban J connectivity index is 1.68. The van der Waals surface area contributed by atoms with Crippen LogP contribution >= 0.6 is 11.3 Å². The summed E-state index contributed by atoms with van der Waals surface area (Å²) in [7, 11) is 0. The monoisotopic (exact) mass is 317 g/mol. The molecule has 3 rings (SSSR count). The number of nitrogens with zero attached hydrogens (tertiary/aromatic N) is 2. The molecule has 0 atom stereocenters. The Morgan fingerprint density at radius 2 is 2.09 bits per heavy atom. The van der Waals surface area contributed by atoms with Gasteiger partial charge in [0.1, 0.15) is 5.82 Å². The summed E-state index contributed by atoms with van der Waals surface area (Å²) >= 11 is 1.63. The van der Waals surface area contributed by atoms with Crippen molar-refractivity contribution in [1.82, 2.24) is 4.98 Å². The Morgan fingerprint density at radius 3 is 2.68 bits per heavy atom. The quantitative estimate of drug-likeness (QED) is 0.946. The van der Waals surface area contributed by atoms with Crippen LogP contribution in [-0.4, -0.2) is 37.2 Å². The fourth-order valence-corrected chi connectivity index (χ4v) is 3.43. The van der Waals surface area contributed by atoms with E-state index in [1.165, 1.54) is 0 Å². The first kappa shape index (κ1) is 15.0. The highest BCUT2D eigenvalue weighted by Crippen LogP contribution is 2.22. The minimum atomic E-state index is -0.103. The standard InChI is InChI=1S/C16H19N3O2S/c1-11-9-14(12(2)22-11)16(20)18-15-4-3-13(10-17-15)19-5-7-21-8-6-19/h3-4,9-10H,5-8H2,1-2H3,(H,17,18,20). The van der Waals surface area contributed by atoms with E-state index in [1.54, 1.807) is 17.5 Å². The molecule has 1 N–H and O–H groups in total. The van der Waals surface area contributed by atoms with E-state index in [0.29, 0.717) is 5.82 Å².